The quantitative estimate of drug-likeness (QED) is 0.464. The summed E-state index contributed by atoms with van der Waals surface area (Å²) in [5, 5.41) is 0.938. The van der Waals surface area contributed by atoms with Gasteiger partial charge in [0.1, 0.15) is 11.6 Å². The zero-order chi connectivity index (χ0) is 19.0. The van der Waals surface area contributed by atoms with Gasteiger partial charge in [0.2, 0.25) is 0 Å². The van der Waals surface area contributed by atoms with E-state index < -0.39 is 0 Å². The SMILES string of the molecule is COc1ccc(-c2cc(C(C)=O)c3[nH]c(-c4ccc(F)cc4)cc3c2)cc1. The van der Waals surface area contributed by atoms with E-state index in [1.54, 1.807) is 26.2 Å². The van der Waals surface area contributed by atoms with E-state index in [2.05, 4.69) is 4.98 Å². The molecule has 0 bridgehead atoms. The first-order chi connectivity index (χ1) is 13.0. The summed E-state index contributed by atoms with van der Waals surface area (Å²) in [7, 11) is 1.63. The van der Waals surface area contributed by atoms with Crippen LogP contribution >= 0.6 is 0 Å². The number of hydrogen-bond acceptors (Lipinski definition) is 2. The first-order valence-electron chi connectivity index (χ1n) is 8.63. The smallest absolute Gasteiger partial charge is 0.161 e. The first kappa shape index (κ1) is 17.0. The van der Waals surface area contributed by atoms with Crippen molar-refractivity contribution in [3.05, 3.63) is 78.1 Å². The van der Waals surface area contributed by atoms with Crippen molar-refractivity contribution in [2.75, 3.05) is 7.11 Å². The Morgan fingerprint density at radius 2 is 1.56 bits per heavy atom. The van der Waals surface area contributed by atoms with E-state index in [1.807, 2.05) is 42.5 Å². The van der Waals surface area contributed by atoms with Crippen molar-refractivity contribution >= 4 is 16.7 Å². The van der Waals surface area contributed by atoms with E-state index in [4.69, 9.17) is 4.74 Å². The standard InChI is InChI=1S/C23H18FNO2/c1-14(26)21-12-17(15-5-9-20(27-2)10-6-15)11-18-13-22(25-23(18)21)16-3-7-19(24)8-4-16/h3-13,25H,1-2H3. The normalized spacial score (nSPS) is 10.9. The van der Waals surface area contributed by atoms with Crippen molar-refractivity contribution in [1.29, 1.82) is 0 Å². The second-order valence-corrected chi connectivity index (χ2v) is 6.46. The summed E-state index contributed by atoms with van der Waals surface area (Å²) in [6, 6.07) is 20.0. The van der Waals surface area contributed by atoms with Crippen LogP contribution in [-0.4, -0.2) is 17.9 Å². The number of aromatic amines is 1. The minimum atomic E-state index is -0.277. The molecule has 1 heterocycles. The Bertz CT molecular complexity index is 1130. The fourth-order valence-corrected chi connectivity index (χ4v) is 3.26. The van der Waals surface area contributed by atoms with Crippen molar-refractivity contribution in [1.82, 2.24) is 4.98 Å². The predicted molar refractivity (Wildman–Crippen MR) is 106 cm³/mol. The maximum Gasteiger partial charge on any atom is 0.161 e. The molecular weight excluding hydrogens is 341 g/mol. The maximum absolute atomic E-state index is 13.2. The van der Waals surface area contributed by atoms with E-state index in [0.717, 1.165) is 39.0 Å². The Morgan fingerprint density at radius 1 is 0.889 bits per heavy atom. The molecule has 0 aliphatic carbocycles. The number of Topliss-reactive ketones (excluding diaryl/α,β-unsaturated/α-hetero) is 1. The lowest BCUT2D eigenvalue weighted by atomic mass is 9.98. The van der Waals surface area contributed by atoms with Crippen molar-refractivity contribution in [2.45, 2.75) is 6.92 Å². The molecule has 1 N–H and O–H groups in total. The van der Waals surface area contributed by atoms with E-state index >= 15 is 0 Å². The van der Waals surface area contributed by atoms with Crippen LogP contribution in [0.2, 0.25) is 0 Å². The Morgan fingerprint density at radius 3 is 2.19 bits per heavy atom. The molecule has 27 heavy (non-hydrogen) atoms. The van der Waals surface area contributed by atoms with Crippen LogP contribution in [0.4, 0.5) is 4.39 Å². The Hall–Kier alpha value is -3.40. The number of carbonyl (C=O) groups excluding carboxylic acids is 1. The fraction of sp³-hybridized carbons (Fsp3) is 0.0870. The Kier molecular flexibility index (Phi) is 4.24. The molecule has 0 aliphatic rings. The van der Waals surface area contributed by atoms with E-state index in [9.17, 15) is 9.18 Å². The predicted octanol–water partition coefficient (Wildman–Crippen LogP) is 5.85. The third-order valence-corrected chi connectivity index (χ3v) is 4.69. The molecular formula is C23H18FNO2. The highest BCUT2D eigenvalue weighted by molar-refractivity contribution is 6.08. The number of benzene rings is 3. The second kappa shape index (κ2) is 6.72. The lowest BCUT2D eigenvalue weighted by Crippen LogP contribution is -1.95. The molecule has 0 amide bonds. The molecule has 3 nitrogen and oxygen atoms in total. The van der Waals surface area contributed by atoms with E-state index in [0.29, 0.717) is 5.56 Å². The number of aromatic nitrogens is 1. The maximum atomic E-state index is 13.2. The van der Waals surface area contributed by atoms with Gasteiger partial charge in [-0.05, 0) is 78.2 Å². The third kappa shape index (κ3) is 3.22. The van der Waals surface area contributed by atoms with Gasteiger partial charge in [0, 0.05) is 16.6 Å². The number of halogens is 1. The highest BCUT2D eigenvalue weighted by atomic mass is 19.1. The first-order valence-corrected chi connectivity index (χ1v) is 8.63. The molecule has 4 heteroatoms. The number of fused-ring (bicyclic) bond motifs is 1. The summed E-state index contributed by atoms with van der Waals surface area (Å²) in [5.74, 6) is 0.496. The van der Waals surface area contributed by atoms with Crippen molar-refractivity contribution < 1.29 is 13.9 Å². The molecule has 3 aromatic carbocycles. The Labute approximate surface area is 156 Å². The zero-order valence-corrected chi connectivity index (χ0v) is 15.0. The molecule has 0 saturated carbocycles. The molecule has 0 aliphatic heterocycles. The molecule has 4 aromatic rings. The Balaban J connectivity index is 1.87. The molecule has 0 fully saturated rings. The van der Waals surface area contributed by atoms with Gasteiger partial charge in [-0.1, -0.05) is 12.1 Å². The number of carbonyl (C=O) groups is 1. The van der Waals surface area contributed by atoms with Crippen LogP contribution in [0.25, 0.3) is 33.3 Å². The van der Waals surface area contributed by atoms with Crippen molar-refractivity contribution in [3.8, 4) is 28.1 Å². The average molecular weight is 359 g/mol. The molecule has 1 aromatic heterocycles. The third-order valence-electron chi connectivity index (χ3n) is 4.69. The van der Waals surface area contributed by atoms with E-state index in [1.165, 1.54) is 12.1 Å². The monoisotopic (exact) mass is 359 g/mol. The number of H-pyrrole nitrogens is 1. The number of methoxy groups -OCH3 is 1. The van der Waals surface area contributed by atoms with Crippen molar-refractivity contribution in [3.63, 3.8) is 0 Å². The van der Waals surface area contributed by atoms with Gasteiger partial charge in [0.25, 0.3) is 0 Å². The van der Waals surface area contributed by atoms with Crippen LogP contribution in [-0.2, 0) is 0 Å². The van der Waals surface area contributed by atoms with Crippen LogP contribution in [0.3, 0.4) is 0 Å². The molecule has 134 valence electrons. The van der Waals surface area contributed by atoms with E-state index in [-0.39, 0.29) is 11.6 Å². The molecule has 0 saturated heterocycles. The highest BCUT2D eigenvalue weighted by Crippen LogP contribution is 2.32. The molecule has 0 unspecified atom stereocenters. The van der Waals surface area contributed by atoms with Crippen LogP contribution in [0.15, 0.2) is 66.7 Å². The molecule has 0 atom stereocenters. The minimum absolute atomic E-state index is 0.0112. The van der Waals surface area contributed by atoms with Crippen molar-refractivity contribution in [2.24, 2.45) is 0 Å². The van der Waals surface area contributed by atoms with Gasteiger partial charge in [-0.3, -0.25) is 4.79 Å². The topological polar surface area (TPSA) is 42.1 Å². The second-order valence-electron chi connectivity index (χ2n) is 6.46. The van der Waals surface area contributed by atoms with Gasteiger partial charge >= 0.3 is 0 Å². The van der Waals surface area contributed by atoms with Gasteiger partial charge in [0.15, 0.2) is 5.78 Å². The van der Waals surface area contributed by atoms with Gasteiger partial charge in [-0.15, -0.1) is 0 Å². The summed E-state index contributed by atoms with van der Waals surface area (Å²) in [4.78, 5) is 15.6. The van der Waals surface area contributed by atoms with Gasteiger partial charge < -0.3 is 9.72 Å². The zero-order valence-electron chi connectivity index (χ0n) is 15.0. The van der Waals surface area contributed by atoms with Crippen LogP contribution < -0.4 is 4.74 Å². The number of ether oxygens (including phenoxy) is 1. The number of ketones is 1. The summed E-state index contributed by atoms with van der Waals surface area (Å²) in [6.45, 7) is 1.56. The van der Waals surface area contributed by atoms with Gasteiger partial charge in [-0.2, -0.15) is 0 Å². The largest absolute Gasteiger partial charge is 0.497 e. The minimum Gasteiger partial charge on any atom is -0.497 e. The van der Waals surface area contributed by atoms with Gasteiger partial charge in [0.05, 0.1) is 12.6 Å². The number of rotatable bonds is 4. The number of nitrogens with one attached hydrogen (secondary N) is 1. The summed E-state index contributed by atoms with van der Waals surface area (Å²) < 4.78 is 18.4. The average Bonchev–Trinajstić information content (AvgIpc) is 3.11. The van der Waals surface area contributed by atoms with Crippen LogP contribution in [0, 0.1) is 5.82 Å². The summed E-state index contributed by atoms with van der Waals surface area (Å²) in [5.41, 5.74) is 5.10. The summed E-state index contributed by atoms with van der Waals surface area (Å²) in [6.07, 6.45) is 0. The van der Waals surface area contributed by atoms with Crippen LogP contribution in [0.1, 0.15) is 17.3 Å². The lowest BCUT2D eigenvalue weighted by molar-refractivity contribution is 0.101. The van der Waals surface area contributed by atoms with Crippen LogP contribution in [0.5, 0.6) is 5.75 Å². The summed E-state index contributed by atoms with van der Waals surface area (Å²) >= 11 is 0. The fourth-order valence-electron chi connectivity index (χ4n) is 3.26. The molecule has 0 spiro atoms. The molecule has 4 rings (SSSR count). The molecule has 0 radical (unpaired) electrons. The highest BCUT2D eigenvalue weighted by Gasteiger charge is 2.13. The number of hydrogen-bond donors (Lipinski definition) is 1. The lowest BCUT2D eigenvalue weighted by Gasteiger charge is -2.07. The van der Waals surface area contributed by atoms with Gasteiger partial charge in [-0.25, -0.2) is 4.39 Å².